The van der Waals surface area contributed by atoms with E-state index in [0.717, 1.165) is 0 Å². The zero-order valence-electron chi connectivity index (χ0n) is 14.0. The number of ketones is 1. The Balaban J connectivity index is 2.45. The molecule has 4 atom stereocenters. The van der Waals surface area contributed by atoms with Crippen molar-refractivity contribution in [3.8, 4) is 0 Å². The highest BCUT2D eigenvalue weighted by molar-refractivity contribution is 5.98. The van der Waals surface area contributed by atoms with Crippen LogP contribution in [0.15, 0.2) is 11.6 Å². The van der Waals surface area contributed by atoms with Gasteiger partial charge in [-0.15, -0.1) is 0 Å². The largest absolute Gasteiger partial charge is 0.459 e. The molecular weight excluding hydrogens is 284 g/mol. The van der Waals surface area contributed by atoms with Gasteiger partial charge in [-0.3, -0.25) is 9.59 Å². The van der Waals surface area contributed by atoms with Crippen molar-refractivity contribution >= 4 is 11.8 Å². The number of esters is 1. The molecule has 0 saturated heterocycles. The lowest BCUT2D eigenvalue weighted by Crippen LogP contribution is -2.59. The Morgan fingerprint density at radius 3 is 2.50 bits per heavy atom. The van der Waals surface area contributed by atoms with Gasteiger partial charge in [0.15, 0.2) is 5.78 Å². The van der Waals surface area contributed by atoms with Gasteiger partial charge < -0.3 is 14.9 Å². The second-order valence-electron chi connectivity index (χ2n) is 7.73. The molecule has 0 aromatic rings. The Bertz CT molecular complexity index is 526. The number of hydrogen-bond acceptors (Lipinski definition) is 5. The molecule has 1 saturated carbocycles. The maximum Gasteiger partial charge on any atom is 0.303 e. The minimum atomic E-state index is -1.27. The van der Waals surface area contributed by atoms with E-state index in [2.05, 4.69) is 0 Å². The second-order valence-corrected chi connectivity index (χ2v) is 7.73. The summed E-state index contributed by atoms with van der Waals surface area (Å²) >= 11 is 0. The topological polar surface area (TPSA) is 83.8 Å². The van der Waals surface area contributed by atoms with Crippen LogP contribution in [0.5, 0.6) is 0 Å². The van der Waals surface area contributed by atoms with Crippen molar-refractivity contribution in [2.24, 2.45) is 11.3 Å². The lowest BCUT2D eigenvalue weighted by molar-refractivity contribution is -0.189. The number of carbonyl (C=O) groups excluding carboxylic acids is 2. The molecule has 0 amide bonds. The fourth-order valence-electron chi connectivity index (χ4n) is 4.03. The van der Waals surface area contributed by atoms with Gasteiger partial charge in [0.25, 0.3) is 0 Å². The van der Waals surface area contributed by atoms with E-state index in [9.17, 15) is 19.8 Å². The van der Waals surface area contributed by atoms with E-state index in [4.69, 9.17) is 4.74 Å². The molecule has 1 fully saturated rings. The van der Waals surface area contributed by atoms with Gasteiger partial charge in [0.2, 0.25) is 0 Å². The molecule has 0 bridgehead atoms. The summed E-state index contributed by atoms with van der Waals surface area (Å²) in [5.74, 6) is -0.849. The third-order valence-corrected chi connectivity index (χ3v) is 5.18. The summed E-state index contributed by atoms with van der Waals surface area (Å²) in [5, 5.41) is 21.2. The highest BCUT2D eigenvalue weighted by atomic mass is 16.6. The van der Waals surface area contributed by atoms with Crippen molar-refractivity contribution in [2.75, 3.05) is 0 Å². The molecule has 5 heteroatoms. The van der Waals surface area contributed by atoms with Crippen LogP contribution in [0.1, 0.15) is 53.9 Å². The molecule has 0 aromatic heterocycles. The molecule has 2 N–H and O–H groups in total. The van der Waals surface area contributed by atoms with Crippen LogP contribution in [0.2, 0.25) is 0 Å². The van der Waals surface area contributed by atoms with Crippen molar-refractivity contribution in [3.63, 3.8) is 0 Å². The number of fused-ring (bicyclic) bond motifs is 1. The first-order valence-corrected chi connectivity index (χ1v) is 7.75. The Morgan fingerprint density at radius 1 is 1.41 bits per heavy atom. The molecule has 2 rings (SSSR count). The first-order valence-electron chi connectivity index (χ1n) is 7.75. The molecule has 0 aliphatic heterocycles. The standard InChI is InChI=1S/C17H26O5/c1-10(18)22-14-6-7-16(4)9-12(19)11(15(2,3)20)8-13(16)17(14,5)21/h8,13-14,20-21H,6-7,9H2,1-5H3. The third kappa shape index (κ3) is 2.84. The second kappa shape index (κ2) is 5.17. The fraction of sp³-hybridized carbons (Fsp3) is 0.765. The maximum atomic E-state index is 12.4. The van der Waals surface area contributed by atoms with Crippen LogP contribution < -0.4 is 0 Å². The lowest BCUT2D eigenvalue weighted by atomic mass is 9.54. The van der Waals surface area contributed by atoms with Crippen LogP contribution in [-0.2, 0) is 14.3 Å². The minimum absolute atomic E-state index is 0.0759. The Morgan fingerprint density at radius 2 is 2.00 bits per heavy atom. The molecule has 4 unspecified atom stereocenters. The molecule has 0 heterocycles. The average Bonchev–Trinajstić information content (AvgIpc) is 2.30. The van der Waals surface area contributed by atoms with E-state index in [-0.39, 0.29) is 23.5 Å². The summed E-state index contributed by atoms with van der Waals surface area (Å²) in [6.45, 7) is 8.09. The number of ether oxygens (including phenoxy) is 1. The Hall–Kier alpha value is -1.20. The summed E-state index contributed by atoms with van der Waals surface area (Å²) in [6, 6.07) is 0. The normalized spacial score (nSPS) is 39.0. The van der Waals surface area contributed by atoms with Gasteiger partial charge in [-0.1, -0.05) is 13.0 Å². The summed E-state index contributed by atoms with van der Waals surface area (Å²) in [6.07, 6.45) is 2.60. The van der Waals surface area contributed by atoms with Gasteiger partial charge in [-0.05, 0) is 39.0 Å². The molecule has 5 nitrogen and oxygen atoms in total. The molecule has 22 heavy (non-hydrogen) atoms. The van der Waals surface area contributed by atoms with Gasteiger partial charge >= 0.3 is 5.97 Å². The molecule has 0 aromatic carbocycles. The summed E-state index contributed by atoms with van der Waals surface area (Å²) in [7, 11) is 0. The van der Waals surface area contributed by atoms with E-state index >= 15 is 0 Å². The number of carbonyl (C=O) groups is 2. The van der Waals surface area contributed by atoms with Crippen molar-refractivity contribution in [1.29, 1.82) is 0 Å². The smallest absolute Gasteiger partial charge is 0.303 e. The molecule has 0 radical (unpaired) electrons. The van der Waals surface area contributed by atoms with Crippen molar-refractivity contribution in [1.82, 2.24) is 0 Å². The lowest BCUT2D eigenvalue weighted by Gasteiger charge is -2.53. The van der Waals surface area contributed by atoms with E-state index in [1.807, 2.05) is 6.92 Å². The third-order valence-electron chi connectivity index (χ3n) is 5.18. The van der Waals surface area contributed by atoms with Gasteiger partial charge in [0.05, 0.1) is 5.60 Å². The van der Waals surface area contributed by atoms with Crippen molar-refractivity contribution < 1.29 is 24.5 Å². The van der Waals surface area contributed by atoms with E-state index in [0.29, 0.717) is 18.4 Å². The Kier molecular flexibility index (Phi) is 4.03. The highest BCUT2D eigenvalue weighted by Crippen LogP contribution is 2.53. The minimum Gasteiger partial charge on any atom is -0.459 e. The molecule has 0 spiro atoms. The van der Waals surface area contributed by atoms with Crippen LogP contribution in [0, 0.1) is 11.3 Å². The first-order chi connectivity index (χ1) is 9.88. The summed E-state index contributed by atoms with van der Waals surface area (Å²) in [5.41, 5.74) is -2.57. The average molecular weight is 310 g/mol. The van der Waals surface area contributed by atoms with Gasteiger partial charge in [-0.2, -0.15) is 0 Å². The van der Waals surface area contributed by atoms with E-state index < -0.39 is 23.3 Å². The number of Topliss-reactive ketones (excluding diaryl/α,β-unsaturated/α-hetero) is 1. The first kappa shape index (κ1) is 17.2. The maximum absolute atomic E-state index is 12.4. The molecule has 124 valence electrons. The Labute approximate surface area is 131 Å². The predicted molar refractivity (Wildman–Crippen MR) is 81.0 cm³/mol. The van der Waals surface area contributed by atoms with Crippen LogP contribution in [0.4, 0.5) is 0 Å². The quantitative estimate of drug-likeness (QED) is 0.759. The predicted octanol–water partition coefficient (Wildman–Crippen LogP) is 1.76. The van der Waals surface area contributed by atoms with Gasteiger partial charge in [-0.25, -0.2) is 0 Å². The van der Waals surface area contributed by atoms with E-state index in [1.165, 1.54) is 6.92 Å². The SMILES string of the molecule is CC(=O)OC1CCC2(C)CC(=O)C(C(C)(C)O)=CC2C1(C)O. The highest BCUT2D eigenvalue weighted by Gasteiger charge is 2.56. The van der Waals surface area contributed by atoms with Gasteiger partial charge in [0.1, 0.15) is 11.7 Å². The van der Waals surface area contributed by atoms with Gasteiger partial charge in [0, 0.05) is 24.8 Å². The zero-order chi connectivity index (χ0) is 16.9. The number of aliphatic hydroxyl groups is 2. The van der Waals surface area contributed by atoms with Crippen molar-refractivity contribution in [3.05, 3.63) is 11.6 Å². The number of rotatable bonds is 2. The van der Waals surface area contributed by atoms with Crippen LogP contribution >= 0.6 is 0 Å². The van der Waals surface area contributed by atoms with Crippen LogP contribution in [-0.4, -0.2) is 39.3 Å². The number of hydrogen-bond donors (Lipinski definition) is 2. The molecule has 2 aliphatic carbocycles. The summed E-state index contributed by atoms with van der Waals surface area (Å²) in [4.78, 5) is 23.6. The zero-order valence-corrected chi connectivity index (χ0v) is 14.0. The fourth-order valence-corrected chi connectivity index (χ4v) is 4.03. The monoisotopic (exact) mass is 310 g/mol. The van der Waals surface area contributed by atoms with E-state index in [1.54, 1.807) is 26.8 Å². The molecule has 2 aliphatic rings. The van der Waals surface area contributed by atoms with Crippen LogP contribution in [0.3, 0.4) is 0 Å². The molecular formula is C17H26O5. The van der Waals surface area contributed by atoms with Crippen LogP contribution in [0.25, 0.3) is 0 Å². The summed E-state index contributed by atoms with van der Waals surface area (Å²) < 4.78 is 5.28. The van der Waals surface area contributed by atoms with Crippen molar-refractivity contribution in [2.45, 2.75) is 71.2 Å².